The monoisotopic (exact) mass is 492 g/mol. The van der Waals surface area contributed by atoms with Gasteiger partial charge in [-0.25, -0.2) is 9.59 Å². The highest BCUT2D eigenvalue weighted by molar-refractivity contribution is 5.99. The highest BCUT2D eigenvalue weighted by atomic mass is 16.6. The lowest BCUT2D eigenvalue weighted by Gasteiger charge is -2.39. The van der Waals surface area contributed by atoms with Crippen LogP contribution in [0.1, 0.15) is 66.4 Å². The first-order valence-electron chi connectivity index (χ1n) is 12.0. The minimum Gasteiger partial charge on any atom is -0.508 e. The van der Waals surface area contributed by atoms with E-state index in [1.54, 1.807) is 30.3 Å². The molecule has 0 saturated heterocycles. The molecule has 0 bridgehead atoms. The van der Waals surface area contributed by atoms with Crippen LogP contribution < -0.4 is 4.74 Å². The van der Waals surface area contributed by atoms with Crippen LogP contribution in [0.15, 0.2) is 72.8 Å². The summed E-state index contributed by atoms with van der Waals surface area (Å²) in [6.45, 7) is 0. The maximum Gasteiger partial charge on any atom is 0.343 e. The number of phenols is 2. The molecule has 0 fully saturated rings. The van der Waals surface area contributed by atoms with Crippen LogP contribution in [0.3, 0.4) is 0 Å². The number of fused-ring (bicyclic) bond motifs is 7. The fraction of sp³-hybridized carbons (Fsp3) is 0.133. The number of carboxylic acids is 1. The molecule has 2 aliphatic heterocycles. The maximum absolute atomic E-state index is 13.3. The number of hydrogen-bond acceptors (Lipinski definition) is 6. The summed E-state index contributed by atoms with van der Waals surface area (Å²) in [5.74, 6) is -2.56. The molecular formula is C30H20O7. The second kappa shape index (κ2) is 7.36. The number of aryl methyl sites for hydroxylation is 1. The predicted molar refractivity (Wildman–Crippen MR) is 132 cm³/mol. The number of phenolic OH excluding ortho intramolecular Hbond substituents is 1. The molecule has 7 heteroatoms. The van der Waals surface area contributed by atoms with Crippen molar-refractivity contribution in [1.82, 2.24) is 0 Å². The molecule has 4 aromatic carbocycles. The third-order valence-electron chi connectivity index (χ3n) is 7.69. The zero-order valence-electron chi connectivity index (χ0n) is 19.4. The average molecular weight is 492 g/mol. The number of rotatable bonds is 2. The molecule has 4 aromatic rings. The standard InChI is InChI=1S/C30H20O7/c31-16-13-20(18-10-9-15-5-1-2-6-17(15)18)26-24(14-16)36-27-22(11-12-23(32)25(27)28(33)34)30(26)21-8-4-3-7-19(21)29(35)37-30/h1-8,11-14,18,31-32H,9-10H2,(H,33,34). The summed E-state index contributed by atoms with van der Waals surface area (Å²) in [4.78, 5) is 25.5. The van der Waals surface area contributed by atoms with Crippen molar-refractivity contribution >= 4 is 11.9 Å². The van der Waals surface area contributed by atoms with Gasteiger partial charge in [-0.05, 0) is 53.8 Å². The molecule has 37 heavy (non-hydrogen) atoms. The SMILES string of the molecule is O=C1OC2(c3ccccc31)c1ccc(O)c(C(=O)O)c1Oc1cc(O)cc(C3CCc4ccccc43)c12. The molecule has 3 aliphatic rings. The van der Waals surface area contributed by atoms with Crippen molar-refractivity contribution in [3.8, 4) is 23.0 Å². The second-order valence-electron chi connectivity index (χ2n) is 9.56. The fourth-order valence-corrected chi connectivity index (χ4v) is 6.24. The lowest BCUT2D eigenvalue weighted by atomic mass is 9.72. The molecular weight excluding hydrogens is 472 g/mol. The Labute approximate surface area is 211 Å². The Bertz CT molecular complexity index is 1670. The van der Waals surface area contributed by atoms with Gasteiger partial charge in [-0.1, -0.05) is 42.5 Å². The van der Waals surface area contributed by atoms with E-state index in [0.29, 0.717) is 22.3 Å². The molecule has 1 spiro atoms. The van der Waals surface area contributed by atoms with E-state index in [2.05, 4.69) is 12.1 Å². The highest BCUT2D eigenvalue weighted by Crippen LogP contribution is 2.60. The molecule has 2 atom stereocenters. The van der Waals surface area contributed by atoms with E-state index < -0.39 is 28.9 Å². The molecule has 7 nitrogen and oxygen atoms in total. The Balaban J connectivity index is 1.61. The van der Waals surface area contributed by atoms with Crippen molar-refractivity contribution in [3.63, 3.8) is 0 Å². The zero-order chi connectivity index (χ0) is 25.5. The van der Waals surface area contributed by atoms with Gasteiger partial charge in [-0.2, -0.15) is 0 Å². The van der Waals surface area contributed by atoms with Crippen LogP contribution in [0.2, 0.25) is 0 Å². The number of benzene rings is 4. The number of aromatic carboxylic acids is 1. The van der Waals surface area contributed by atoms with E-state index >= 15 is 0 Å². The second-order valence-corrected chi connectivity index (χ2v) is 9.56. The van der Waals surface area contributed by atoms with Gasteiger partial charge >= 0.3 is 11.9 Å². The number of ether oxygens (including phenoxy) is 2. The molecule has 0 amide bonds. The summed E-state index contributed by atoms with van der Waals surface area (Å²) in [6, 6.07) is 21.0. The van der Waals surface area contributed by atoms with Gasteiger partial charge < -0.3 is 24.8 Å². The van der Waals surface area contributed by atoms with Crippen LogP contribution in [0, 0.1) is 0 Å². The van der Waals surface area contributed by atoms with Gasteiger partial charge in [0.2, 0.25) is 0 Å². The fourth-order valence-electron chi connectivity index (χ4n) is 6.24. The number of carbonyl (C=O) groups excluding carboxylic acids is 1. The Hall–Kier alpha value is -4.78. The lowest BCUT2D eigenvalue weighted by molar-refractivity contribution is 0.0220. The Morgan fingerprint density at radius 1 is 0.919 bits per heavy atom. The van der Waals surface area contributed by atoms with Crippen molar-refractivity contribution in [1.29, 1.82) is 0 Å². The summed E-state index contributed by atoms with van der Waals surface area (Å²) in [6.07, 6.45) is 1.63. The average Bonchev–Trinajstić information content (AvgIpc) is 3.43. The molecule has 0 aromatic heterocycles. The van der Waals surface area contributed by atoms with Crippen molar-refractivity contribution in [2.75, 3.05) is 0 Å². The van der Waals surface area contributed by atoms with Crippen molar-refractivity contribution in [3.05, 3.63) is 117 Å². The highest BCUT2D eigenvalue weighted by Gasteiger charge is 2.56. The molecule has 3 N–H and O–H groups in total. The molecule has 7 rings (SSSR count). The smallest absolute Gasteiger partial charge is 0.343 e. The Morgan fingerprint density at radius 3 is 2.54 bits per heavy atom. The number of aromatic hydroxyl groups is 2. The summed E-state index contributed by atoms with van der Waals surface area (Å²) in [5, 5.41) is 31.2. The first kappa shape index (κ1) is 21.5. The first-order valence-corrected chi connectivity index (χ1v) is 12.0. The van der Waals surface area contributed by atoms with Crippen LogP contribution in [0.25, 0.3) is 0 Å². The van der Waals surface area contributed by atoms with Gasteiger partial charge in [0.05, 0.1) is 11.1 Å². The maximum atomic E-state index is 13.3. The van der Waals surface area contributed by atoms with E-state index in [1.807, 2.05) is 12.1 Å². The van der Waals surface area contributed by atoms with E-state index in [-0.39, 0.29) is 23.2 Å². The third-order valence-corrected chi connectivity index (χ3v) is 7.69. The number of carbonyl (C=O) groups is 2. The van der Waals surface area contributed by atoms with Gasteiger partial charge in [-0.15, -0.1) is 0 Å². The van der Waals surface area contributed by atoms with Crippen LogP contribution in [-0.4, -0.2) is 27.3 Å². The normalized spacial score (nSPS) is 20.4. The van der Waals surface area contributed by atoms with Gasteiger partial charge in [0.25, 0.3) is 0 Å². The molecule has 2 unspecified atom stereocenters. The summed E-state index contributed by atoms with van der Waals surface area (Å²) in [5.41, 5.74) is 2.83. The molecule has 0 radical (unpaired) electrons. The topological polar surface area (TPSA) is 113 Å². The number of esters is 1. The molecule has 0 saturated carbocycles. The number of hydrogen-bond donors (Lipinski definition) is 3. The number of carboxylic acid groups (broad SMARTS) is 1. The minimum atomic E-state index is -1.53. The van der Waals surface area contributed by atoms with E-state index in [0.717, 1.165) is 24.0 Å². The van der Waals surface area contributed by atoms with Crippen LogP contribution in [0.4, 0.5) is 0 Å². The molecule has 1 aliphatic carbocycles. The Kier molecular flexibility index (Phi) is 4.28. The summed E-state index contributed by atoms with van der Waals surface area (Å²) >= 11 is 0. The van der Waals surface area contributed by atoms with Gasteiger partial charge in [0, 0.05) is 23.1 Å². The zero-order valence-corrected chi connectivity index (χ0v) is 19.4. The van der Waals surface area contributed by atoms with Crippen molar-refractivity contribution in [2.45, 2.75) is 24.4 Å². The largest absolute Gasteiger partial charge is 0.508 e. The van der Waals surface area contributed by atoms with Crippen molar-refractivity contribution < 1.29 is 34.4 Å². The van der Waals surface area contributed by atoms with Crippen LogP contribution in [0.5, 0.6) is 23.0 Å². The van der Waals surface area contributed by atoms with E-state index in [4.69, 9.17) is 9.47 Å². The molecule has 182 valence electrons. The van der Waals surface area contributed by atoms with E-state index in [1.165, 1.54) is 23.8 Å². The van der Waals surface area contributed by atoms with Crippen LogP contribution >= 0.6 is 0 Å². The third kappa shape index (κ3) is 2.76. The summed E-state index contributed by atoms with van der Waals surface area (Å²) < 4.78 is 12.4. The van der Waals surface area contributed by atoms with Crippen LogP contribution in [-0.2, 0) is 16.8 Å². The van der Waals surface area contributed by atoms with E-state index in [9.17, 15) is 24.9 Å². The van der Waals surface area contributed by atoms with Gasteiger partial charge in [-0.3, -0.25) is 0 Å². The summed E-state index contributed by atoms with van der Waals surface area (Å²) in [7, 11) is 0. The molecule has 2 heterocycles. The minimum absolute atomic E-state index is 0.0635. The van der Waals surface area contributed by atoms with Gasteiger partial charge in [0.1, 0.15) is 22.8 Å². The van der Waals surface area contributed by atoms with Crippen molar-refractivity contribution in [2.24, 2.45) is 0 Å². The lowest BCUT2D eigenvalue weighted by Crippen LogP contribution is -2.35. The quantitative estimate of drug-likeness (QED) is 0.319. The first-order chi connectivity index (χ1) is 17.9. The Morgan fingerprint density at radius 2 is 1.70 bits per heavy atom. The van der Waals surface area contributed by atoms with Gasteiger partial charge in [0.15, 0.2) is 11.4 Å². The predicted octanol–water partition coefficient (Wildman–Crippen LogP) is 5.44.